The van der Waals surface area contributed by atoms with Crippen LogP contribution in [-0.4, -0.2) is 18.5 Å². The maximum absolute atomic E-state index is 12.6. The minimum Gasteiger partial charge on any atom is -0.374 e. The van der Waals surface area contributed by atoms with Gasteiger partial charge in [0.25, 0.3) is 0 Å². The number of carbonyl (C=O) groups is 1. The highest BCUT2D eigenvalue weighted by atomic mass is 16.2. The number of nitrogens with zero attached hydrogens (tertiary/aromatic N) is 1. The molecule has 2 aromatic rings. The van der Waals surface area contributed by atoms with Gasteiger partial charge in [-0.2, -0.15) is 0 Å². The molecule has 0 radical (unpaired) electrons. The van der Waals surface area contributed by atoms with Crippen molar-refractivity contribution in [3.05, 3.63) is 60.2 Å². The van der Waals surface area contributed by atoms with Crippen LogP contribution in [0.1, 0.15) is 12.5 Å². The number of para-hydroxylation sites is 2. The fourth-order valence-electron chi connectivity index (χ4n) is 2.65. The fourth-order valence-corrected chi connectivity index (χ4v) is 2.65. The highest BCUT2D eigenvalue weighted by Crippen LogP contribution is 2.28. The molecule has 3 nitrogen and oxygen atoms in total. The molecule has 2 aromatic carbocycles. The molecule has 1 amide bonds. The normalized spacial score (nSPS) is 14.8. The first-order valence-electron chi connectivity index (χ1n) is 6.96. The highest BCUT2D eigenvalue weighted by molar-refractivity contribution is 6.00. The number of nitrogens with one attached hydrogen (secondary N) is 1. The Kier molecular flexibility index (Phi) is 3.42. The summed E-state index contributed by atoms with van der Waals surface area (Å²) in [5, 5.41) is 3.26. The van der Waals surface area contributed by atoms with Gasteiger partial charge < -0.3 is 10.2 Å². The molecule has 1 atom stereocenters. The molecule has 3 heteroatoms. The van der Waals surface area contributed by atoms with Gasteiger partial charge in [0, 0.05) is 17.9 Å². The van der Waals surface area contributed by atoms with E-state index in [-0.39, 0.29) is 11.9 Å². The Hall–Kier alpha value is -2.29. The van der Waals surface area contributed by atoms with Gasteiger partial charge in [-0.25, -0.2) is 0 Å². The van der Waals surface area contributed by atoms with Crippen molar-refractivity contribution in [3.63, 3.8) is 0 Å². The third-order valence-corrected chi connectivity index (χ3v) is 3.68. The molecule has 0 aliphatic carbocycles. The zero-order valence-electron chi connectivity index (χ0n) is 11.5. The molecule has 3 rings (SSSR count). The van der Waals surface area contributed by atoms with Crippen LogP contribution in [0.15, 0.2) is 54.6 Å². The maximum atomic E-state index is 12.6. The predicted molar refractivity (Wildman–Crippen MR) is 82.0 cm³/mol. The van der Waals surface area contributed by atoms with Gasteiger partial charge in [-0.3, -0.25) is 4.79 Å². The van der Waals surface area contributed by atoms with Crippen LogP contribution >= 0.6 is 0 Å². The Balaban J connectivity index is 1.74. The first kappa shape index (κ1) is 12.7. The molecule has 0 fully saturated rings. The number of fused-ring (bicyclic) bond motifs is 1. The van der Waals surface area contributed by atoms with E-state index in [0.717, 1.165) is 24.3 Å². The number of hydrogen-bond donors (Lipinski definition) is 1. The van der Waals surface area contributed by atoms with Crippen LogP contribution in [0.5, 0.6) is 0 Å². The monoisotopic (exact) mass is 266 g/mol. The summed E-state index contributed by atoms with van der Waals surface area (Å²) in [5.74, 6) is 0.124. The second-order valence-corrected chi connectivity index (χ2v) is 5.10. The molecule has 1 aliphatic heterocycles. The highest BCUT2D eigenvalue weighted by Gasteiger charge is 2.27. The van der Waals surface area contributed by atoms with Crippen molar-refractivity contribution in [1.29, 1.82) is 0 Å². The van der Waals surface area contributed by atoms with E-state index >= 15 is 0 Å². The lowest BCUT2D eigenvalue weighted by Gasteiger charge is -2.23. The van der Waals surface area contributed by atoms with Crippen molar-refractivity contribution >= 4 is 17.3 Å². The predicted octanol–water partition coefficient (Wildman–Crippen LogP) is 3.08. The fraction of sp³-hybridized carbons (Fsp3) is 0.235. The first-order valence-corrected chi connectivity index (χ1v) is 6.96. The molecule has 0 spiro atoms. The average molecular weight is 266 g/mol. The number of rotatable bonds is 3. The summed E-state index contributed by atoms with van der Waals surface area (Å²) < 4.78 is 0. The lowest BCUT2D eigenvalue weighted by Crippen LogP contribution is -2.40. The second-order valence-electron chi connectivity index (χ2n) is 5.10. The molecule has 1 unspecified atom stereocenters. The van der Waals surface area contributed by atoms with E-state index in [9.17, 15) is 4.79 Å². The van der Waals surface area contributed by atoms with E-state index in [0.29, 0.717) is 0 Å². The van der Waals surface area contributed by atoms with Gasteiger partial charge in [0.15, 0.2) is 0 Å². The largest absolute Gasteiger partial charge is 0.374 e. The second kappa shape index (κ2) is 5.37. The molecule has 20 heavy (non-hydrogen) atoms. The Morgan fingerprint density at radius 3 is 2.60 bits per heavy atom. The van der Waals surface area contributed by atoms with E-state index in [1.54, 1.807) is 0 Å². The third kappa shape index (κ3) is 2.39. The number of hydrogen-bond acceptors (Lipinski definition) is 2. The summed E-state index contributed by atoms with van der Waals surface area (Å²) in [6.45, 7) is 2.69. The van der Waals surface area contributed by atoms with Gasteiger partial charge in [0.1, 0.15) is 6.04 Å². The van der Waals surface area contributed by atoms with Crippen molar-refractivity contribution < 1.29 is 4.79 Å². The molecule has 1 N–H and O–H groups in total. The lowest BCUT2D eigenvalue weighted by atomic mass is 10.2. The average Bonchev–Trinajstić information content (AvgIpc) is 2.91. The Morgan fingerprint density at radius 1 is 1.10 bits per heavy atom. The molecule has 0 aromatic heterocycles. The zero-order valence-corrected chi connectivity index (χ0v) is 11.5. The summed E-state index contributed by atoms with van der Waals surface area (Å²) in [6.07, 6.45) is 0.944. The molecule has 1 heterocycles. The molecule has 0 bridgehead atoms. The third-order valence-electron chi connectivity index (χ3n) is 3.68. The number of anilines is 2. The van der Waals surface area contributed by atoms with E-state index < -0.39 is 0 Å². The van der Waals surface area contributed by atoms with Gasteiger partial charge in [-0.15, -0.1) is 0 Å². The number of amides is 1. The molecule has 1 aliphatic rings. The van der Waals surface area contributed by atoms with Crippen molar-refractivity contribution in [1.82, 2.24) is 0 Å². The van der Waals surface area contributed by atoms with Gasteiger partial charge in [0.05, 0.1) is 0 Å². The smallest absolute Gasteiger partial charge is 0.249 e. The van der Waals surface area contributed by atoms with Crippen molar-refractivity contribution in [2.75, 3.05) is 16.8 Å². The van der Waals surface area contributed by atoms with Gasteiger partial charge in [-0.1, -0.05) is 36.4 Å². The van der Waals surface area contributed by atoms with E-state index in [1.807, 2.05) is 60.4 Å². The molecular formula is C17H18N2O. The van der Waals surface area contributed by atoms with Crippen LogP contribution in [0.4, 0.5) is 11.4 Å². The van der Waals surface area contributed by atoms with Crippen LogP contribution < -0.4 is 10.2 Å². The quantitative estimate of drug-likeness (QED) is 0.926. The van der Waals surface area contributed by atoms with Gasteiger partial charge in [-0.05, 0) is 37.1 Å². The van der Waals surface area contributed by atoms with Crippen LogP contribution in [0.2, 0.25) is 0 Å². The number of benzene rings is 2. The zero-order chi connectivity index (χ0) is 13.9. The van der Waals surface area contributed by atoms with E-state index in [1.165, 1.54) is 5.56 Å². The van der Waals surface area contributed by atoms with Crippen LogP contribution in [0.25, 0.3) is 0 Å². The van der Waals surface area contributed by atoms with Crippen LogP contribution in [0, 0.1) is 0 Å². The Morgan fingerprint density at radius 2 is 1.80 bits per heavy atom. The van der Waals surface area contributed by atoms with E-state index in [2.05, 4.69) is 11.4 Å². The molecule has 102 valence electrons. The van der Waals surface area contributed by atoms with Gasteiger partial charge >= 0.3 is 0 Å². The molecular weight excluding hydrogens is 248 g/mol. The van der Waals surface area contributed by atoms with Crippen molar-refractivity contribution in [3.8, 4) is 0 Å². The summed E-state index contributed by atoms with van der Waals surface area (Å²) in [4.78, 5) is 14.5. The number of carbonyl (C=O) groups excluding carboxylic acids is 1. The summed E-state index contributed by atoms with van der Waals surface area (Å²) in [6, 6.07) is 17.7. The topological polar surface area (TPSA) is 32.3 Å². The van der Waals surface area contributed by atoms with Crippen molar-refractivity contribution in [2.45, 2.75) is 19.4 Å². The minimum absolute atomic E-state index is 0.124. The summed E-state index contributed by atoms with van der Waals surface area (Å²) in [7, 11) is 0. The minimum atomic E-state index is -0.233. The standard InChI is InChI=1S/C17H18N2O/c1-13(18-15-8-3-2-4-9-15)17(20)19-12-11-14-7-5-6-10-16(14)19/h2-10,13,18H,11-12H2,1H3. The molecule has 0 saturated carbocycles. The summed E-state index contributed by atoms with van der Waals surface area (Å²) in [5.41, 5.74) is 3.29. The lowest BCUT2D eigenvalue weighted by molar-refractivity contribution is -0.118. The Labute approximate surface area is 119 Å². The van der Waals surface area contributed by atoms with Crippen LogP contribution in [-0.2, 0) is 11.2 Å². The maximum Gasteiger partial charge on any atom is 0.249 e. The SMILES string of the molecule is CC(Nc1ccccc1)C(=O)N1CCc2ccccc21. The first-order chi connectivity index (χ1) is 9.75. The molecule has 0 saturated heterocycles. The van der Waals surface area contributed by atoms with E-state index in [4.69, 9.17) is 0 Å². The van der Waals surface area contributed by atoms with Gasteiger partial charge in [0.2, 0.25) is 5.91 Å². The van der Waals surface area contributed by atoms with Crippen molar-refractivity contribution in [2.24, 2.45) is 0 Å². The summed E-state index contributed by atoms with van der Waals surface area (Å²) >= 11 is 0. The van der Waals surface area contributed by atoms with Crippen LogP contribution in [0.3, 0.4) is 0 Å². The Bertz CT molecular complexity index is 609.